The van der Waals surface area contributed by atoms with Crippen LogP contribution in [0.1, 0.15) is 0 Å². The summed E-state index contributed by atoms with van der Waals surface area (Å²) >= 11 is 10.2. The van der Waals surface area contributed by atoms with Gasteiger partial charge in [-0.2, -0.15) is 0 Å². The van der Waals surface area contributed by atoms with Gasteiger partial charge < -0.3 is 0 Å². The summed E-state index contributed by atoms with van der Waals surface area (Å²) in [6.07, 6.45) is 1.24. The molecule has 2 rings (SSSR count). The van der Waals surface area contributed by atoms with E-state index in [1.807, 2.05) is 6.07 Å². The summed E-state index contributed by atoms with van der Waals surface area (Å²) in [6.45, 7) is 0. The van der Waals surface area contributed by atoms with Crippen molar-refractivity contribution in [3.63, 3.8) is 0 Å². The first-order chi connectivity index (χ1) is 6.68. The van der Waals surface area contributed by atoms with E-state index >= 15 is 0 Å². The second-order valence-corrected chi connectivity index (χ2v) is 5.25. The molecular formula is C8H3BrClFN2S. The predicted molar refractivity (Wildman–Crippen MR) is 58.0 cm³/mol. The molecule has 2 heterocycles. The Morgan fingerprint density at radius 3 is 2.79 bits per heavy atom. The first-order valence-corrected chi connectivity index (χ1v) is 5.59. The minimum atomic E-state index is -0.580. The number of nitrogens with zero attached hydrogens (tertiary/aromatic N) is 2. The van der Waals surface area contributed by atoms with Crippen LogP contribution in [0.4, 0.5) is 4.39 Å². The number of hydrogen-bond donors (Lipinski definition) is 0. The Balaban J connectivity index is 2.57. The Hall–Kier alpha value is -0.520. The topological polar surface area (TPSA) is 25.8 Å². The Morgan fingerprint density at radius 1 is 1.36 bits per heavy atom. The Labute approximate surface area is 96.9 Å². The van der Waals surface area contributed by atoms with Crippen molar-refractivity contribution < 1.29 is 4.39 Å². The van der Waals surface area contributed by atoms with Crippen molar-refractivity contribution in [2.45, 2.75) is 0 Å². The summed E-state index contributed by atoms with van der Waals surface area (Å²) in [5.41, 5.74) is 0.237. The molecule has 0 fully saturated rings. The lowest BCUT2D eigenvalue weighted by atomic mass is 10.3. The van der Waals surface area contributed by atoms with E-state index in [-0.39, 0.29) is 10.8 Å². The molecule has 0 saturated carbocycles. The van der Waals surface area contributed by atoms with E-state index in [0.29, 0.717) is 0 Å². The van der Waals surface area contributed by atoms with Crippen LogP contribution in [0.5, 0.6) is 0 Å². The lowest BCUT2D eigenvalue weighted by molar-refractivity contribution is 0.619. The van der Waals surface area contributed by atoms with Gasteiger partial charge in [0.2, 0.25) is 0 Å². The van der Waals surface area contributed by atoms with Crippen molar-refractivity contribution >= 4 is 38.9 Å². The molecule has 0 aromatic carbocycles. The van der Waals surface area contributed by atoms with Crippen LogP contribution in [0.25, 0.3) is 10.6 Å². The monoisotopic (exact) mass is 292 g/mol. The Morgan fingerprint density at radius 2 is 2.14 bits per heavy atom. The third kappa shape index (κ3) is 1.80. The molecular weight excluding hydrogens is 291 g/mol. The van der Waals surface area contributed by atoms with Gasteiger partial charge in [-0.25, -0.2) is 14.4 Å². The van der Waals surface area contributed by atoms with Gasteiger partial charge in [0.1, 0.15) is 12.0 Å². The Kier molecular flexibility index (Phi) is 2.80. The number of halogens is 3. The van der Waals surface area contributed by atoms with E-state index in [4.69, 9.17) is 11.6 Å². The molecule has 0 aliphatic carbocycles. The normalized spacial score (nSPS) is 10.5. The summed E-state index contributed by atoms with van der Waals surface area (Å²) in [4.78, 5) is 8.11. The second-order valence-electron chi connectivity index (χ2n) is 2.43. The summed E-state index contributed by atoms with van der Waals surface area (Å²) in [5.74, 6) is -0.580. The molecule has 2 nitrogen and oxygen atoms in total. The summed E-state index contributed by atoms with van der Waals surface area (Å²) in [5, 5.41) is -0.153. The fraction of sp³-hybridized carbons (Fsp3) is 0. The van der Waals surface area contributed by atoms with Crippen molar-refractivity contribution in [3.05, 3.63) is 33.2 Å². The van der Waals surface area contributed by atoms with Gasteiger partial charge in [0.25, 0.3) is 0 Å². The molecule has 0 atom stereocenters. The molecule has 0 N–H and O–H groups in total. The van der Waals surface area contributed by atoms with E-state index in [2.05, 4.69) is 25.9 Å². The molecule has 0 spiro atoms. The van der Waals surface area contributed by atoms with E-state index < -0.39 is 5.82 Å². The van der Waals surface area contributed by atoms with Gasteiger partial charge in [0.05, 0.1) is 8.66 Å². The van der Waals surface area contributed by atoms with Crippen LogP contribution in [0.15, 0.2) is 22.2 Å². The first-order valence-electron chi connectivity index (χ1n) is 3.60. The van der Waals surface area contributed by atoms with Crippen LogP contribution in [0, 0.1) is 5.82 Å². The van der Waals surface area contributed by atoms with Crippen LogP contribution >= 0.6 is 38.9 Å². The van der Waals surface area contributed by atoms with Gasteiger partial charge in [-0.05, 0) is 28.1 Å². The van der Waals surface area contributed by atoms with Gasteiger partial charge >= 0.3 is 0 Å². The number of aromatic nitrogens is 2. The zero-order valence-electron chi connectivity index (χ0n) is 6.67. The third-order valence-electron chi connectivity index (χ3n) is 1.55. The SMILES string of the molecule is Fc1c(Cl)ncnc1-c1ccc(Br)s1. The number of thiophene rings is 1. The van der Waals surface area contributed by atoms with Crippen molar-refractivity contribution in [1.82, 2.24) is 9.97 Å². The van der Waals surface area contributed by atoms with Gasteiger partial charge in [-0.3, -0.25) is 0 Å². The van der Waals surface area contributed by atoms with Crippen molar-refractivity contribution in [1.29, 1.82) is 0 Å². The number of rotatable bonds is 1. The molecule has 6 heteroatoms. The second kappa shape index (κ2) is 3.92. The predicted octanol–water partition coefficient (Wildman–Crippen LogP) is 3.76. The highest BCUT2D eigenvalue weighted by Crippen LogP contribution is 2.32. The molecule has 0 aliphatic rings. The summed E-state index contributed by atoms with van der Waals surface area (Å²) in [6, 6.07) is 3.60. The molecule has 0 radical (unpaired) electrons. The van der Waals surface area contributed by atoms with Gasteiger partial charge in [-0.1, -0.05) is 11.6 Å². The molecule has 0 amide bonds. The molecule has 14 heavy (non-hydrogen) atoms. The maximum atomic E-state index is 13.4. The maximum Gasteiger partial charge on any atom is 0.187 e. The zero-order chi connectivity index (χ0) is 10.1. The van der Waals surface area contributed by atoms with Crippen molar-refractivity contribution in [2.24, 2.45) is 0 Å². The largest absolute Gasteiger partial charge is 0.232 e. The smallest absolute Gasteiger partial charge is 0.187 e. The minimum Gasteiger partial charge on any atom is -0.232 e. The molecule has 0 saturated heterocycles. The highest BCUT2D eigenvalue weighted by atomic mass is 79.9. The number of hydrogen-bond acceptors (Lipinski definition) is 3. The summed E-state index contributed by atoms with van der Waals surface area (Å²) in [7, 11) is 0. The first kappa shape index (κ1) is 10.0. The zero-order valence-corrected chi connectivity index (χ0v) is 9.83. The molecule has 72 valence electrons. The summed E-state index contributed by atoms with van der Waals surface area (Å²) < 4.78 is 14.3. The van der Waals surface area contributed by atoms with Crippen LogP contribution in [-0.2, 0) is 0 Å². The highest BCUT2D eigenvalue weighted by molar-refractivity contribution is 9.11. The molecule has 2 aromatic rings. The van der Waals surface area contributed by atoms with E-state index in [9.17, 15) is 4.39 Å². The Bertz CT molecular complexity index is 474. The van der Waals surface area contributed by atoms with Crippen molar-refractivity contribution in [3.8, 4) is 10.6 Å². The van der Waals surface area contributed by atoms with Crippen LogP contribution in [0.3, 0.4) is 0 Å². The molecule has 0 aliphatic heterocycles. The molecule has 0 unspecified atom stereocenters. The third-order valence-corrected chi connectivity index (χ3v) is 3.45. The van der Waals surface area contributed by atoms with Gasteiger partial charge in [0.15, 0.2) is 11.0 Å². The van der Waals surface area contributed by atoms with E-state index in [0.717, 1.165) is 8.66 Å². The van der Waals surface area contributed by atoms with Crippen LogP contribution < -0.4 is 0 Å². The maximum absolute atomic E-state index is 13.4. The average Bonchev–Trinajstić information content (AvgIpc) is 2.57. The van der Waals surface area contributed by atoms with Crippen molar-refractivity contribution in [2.75, 3.05) is 0 Å². The van der Waals surface area contributed by atoms with Crippen LogP contribution in [0.2, 0.25) is 5.15 Å². The average molecular weight is 294 g/mol. The minimum absolute atomic E-state index is 0.153. The molecule has 2 aromatic heterocycles. The van der Waals surface area contributed by atoms with Gasteiger partial charge in [0, 0.05) is 0 Å². The standard InChI is InChI=1S/C8H3BrClFN2S/c9-5-2-1-4(14-5)7-6(11)8(10)13-3-12-7/h1-3H. The fourth-order valence-corrected chi connectivity index (χ4v) is 2.47. The van der Waals surface area contributed by atoms with E-state index in [1.54, 1.807) is 6.07 Å². The van der Waals surface area contributed by atoms with Crippen LogP contribution in [-0.4, -0.2) is 9.97 Å². The lowest BCUT2D eigenvalue weighted by Gasteiger charge is -1.98. The molecule has 0 bridgehead atoms. The fourth-order valence-electron chi connectivity index (χ4n) is 0.962. The quantitative estimate of drug-likeness (QED) is 0.748. The highest BCUT2D eigenvalue weighted by Gasteiger charge is 2.12. The lowest BCUT2D eigenvalue weighted by Crippen LogP contribution is -1.90. The van der Waals surface area contributed by atoms with Gasteiger partial charge in [-0.15, -0.1) is 11.3 Å². The van der Waals surface area contributed by atoms with E-state index in [1.165, 1.54) is 17.7 Å².